The fourth-order valence-corrected chi connectivity index (χ4v) is 1.27. The Morgan fingerprint density at radius 2 is 2.19 bits per heavy atom. The van der Waals surface area contributed by atoms with Gasteiger partial charge < -0.3 is 9.47 Å². The second-order valence-corrected chi connectivity index (χ2v) is 3.48. The number of carbonyl (C=O) groups is 1. The topological polar surface area (TPSA) is 35.5 Å². The molecule has 0 aliphatic carbocycles. The molecule has 0 fully saturated rings. The number of methoxy groups -OCH3 is 1. The Morgan fingerprint density at radius 1 is 1.50 bits per heavy atom. The van der Waals surface area contributed by atoms with Crippen molar-refractivity contribution in [1.82, 2.24) is 0 Å². The summed E-state index contributed by atoms with van der Waals surface area (Å²) in [6.45, 7) is 5.77. The molecule has 1 unspecified atom stereocenters. The van der Waals surface area contributed by atoms with Gasteiger partial charge in [0.25, 0.3) is 0 Å². The van der Waals surface area contributed by atoms with Crippen LogP contribution in [0, 0.1) is 11.8 Å². The highest BCUT2D eigenvalue weighted by molar-refractivity contribution is 5.60. The first-order chi connectivity index (χ1) is 7.63. The van der Waals surface area contributed by atoms with Crippen LogP contribution in [-0.4, -0.2) is 19.4 Å². The van der Waals surface area contributed by atoms with Gasteiger partial charge in [0, 0.05) is 0 Å². The summed E-state index contributed by atoms with van der Waals surface area (Å²) in [7, 11) is 1.31. The molecule has 0 N–H and O–H groups in total. The molecule has 0 aromatic rings. The summed E-state index contributed by atoms with van der Waals surface area (Å²) in [6, 6.07) is 0. The van der Waals surface area contributed by atoms with Crippen molar-refractivity contribution >= 4 is 6.16 Å². The zero-order chi connectivity index (χ0) is 12.4. The molecular weight excluding hydrogens is 204 g/mol. The zero-order valence-corrected chi connectivity index (χ0v) is 10.5. The van der Waals surface area contributed by atoms with Crippen LogP contribution in [-0.2, 0) is 9.47 Å². The summed E-state index contributed by atoms with van der Waals surface area (Å²) in [5.41, 5.74) is 0.910. The van der Waals surface area contributed by atoms with Crippen molar-refractivity contribution in [2.24, 2.45) is 0 Å². The van der Waals surface area contributed by atoms with Gasteiger partial charge in [-0.3, -0.25) is 0 Å². The molecule has 0 heterocycles. The van der Waals surface area contributed by atoms with E-state index in [2.05, 4.69) is 23.5 Å². The second-order valence-electron chi connectivity index (χ2n) is 3.48. The predicted octanol–water partition coefficient (Wildman–Crippen LogP) is 3.30. The fourth-order valence-electron chi connectivity index (χ4n) is 1.27. The van der Waals surface area contributed by atoms with Crippen LogP contribution in [0.5, 0.6) is 0 Å². The first-order valence-corrected chi connectivity index (χ1v) is 5.49. The minimum absolute atomic E-state index is 0.242. The average molecular weight is 224 g/mol. The fraction of sp³-hybridized carbons (Fsp3) is 0.615. The Hall–Kier alpha value is -1.43. The first-order valence-electron chi connectivity index (χ1n) is 5.49. The van der Waals surface area contributed by atoms with E-state index in [1.165, 1.54) is 7.11 Å². The van der Waals surface area contributed by atoms with Crippen molar-refractivity contribution in [2.45, 2.75) is 46.1 Å². The quantitative estimate of drug-likeness (QED) is 0.531. The lowest BCUT2D eigenvalue weighted by molar-refractivity contribution is 0.0492. The van der Waals surface area contributed by atoms with Crippen molar-refractivity contribution in [3.63, 3.8) is 0 Å². The van der Waals surface area contributed by atoms with Crippen LogP contribution in [0.25, 0.3) is 0 Å². The van der Waals surface area contributed by atoms with Gasteiger partial charge in [-0.1, -0.05) is 19.3 Å². The Balaban J connectivity index is 4.45. The van der Waals surface area contributed by atoms with E-state index in [1.54, 1.807) is 6.92 Å². The van der Waals surface area contributed by atoms with Gasteiger partial charge in [-0.2, -0.15) is 0 Å². The second kappa shape index (κ2) is 8.84. The third kappa shape index (κ3) is 6.94. The molecule has 0 radical (unpaired) electrons. The monoisotopic (exact) mass is 224 g/mol. The summed E-state index contributed by atoms with van der Waals surface area (Å²) in [6.07, 6.45) is 3.85. The third-order valence-electron chi connectivity index (χ3n) is 2.01. The van der Waals surface area contributed by atoms with Crippen LogP contribution < -0.4 is 0 Å². The van der Waals surface area contributed by atoms with Gasteiger partial charge >= 0.3 is 6.16 Å². The van der Waals surface area contributed by atoms with E-state index < -0.39 is 6.16 Å². The summed E-state index contributed by atoms with van der Waals surface area (Å²) >= 11 is 0. The predicted molar refractivity (Wildman–Crippen MR) is 64.0 cm³/mol. The zero-order valence-electron chi connectivity index (χ0n) is 10.5. The normalized spacial score (nSPS) is 12.4. The lowest BCUT2D eigenvalue weighted by atomic mass is 10.1. The van der Waals surface area contributed by atoms with Crippen LogP contribution in [0.1, 0.15) is 40.0 Å². The molecule has 0 amide bonds. The maximum absolute atomic E-state index is 11.0. The highest BCUT2D eigenvalue weighted by atomic mass is 16.7. The first kappa shape index (κ1) is 14.6. The summed E-state index contributed by atoms with van der Waals surface area (Å²) in [5.74, 6) is 5.73. The molecule has 0 aliphatic heterocycles. The van der Waals surface area contributed by atoms with E-state index in [1.807, 2.05) is 13.0 Å². The van der Waals surface area contributed by atoms with Crippen molar-refractivity contribution < 1.29 is 14.3 Å². The smallest absolute Gasteiger partial charge is 0.438 e. The molecular formula is C13H20O3. The van der Waals surface area contributed by atoms with Gasteiger partial charge in [0.2, 0.25) is 0 Å². The van der Waals surface area contributed by atoms with E-state index in [0.29, 0.717) is 0 Å². The number of hydrogen-bond donors (Lipinski definition) is 0. The molecule has 0 aromatic carbocycles. The number of carbonyl (C=O) groups excluding carboxylic acids is 1. The van der Waals surface area contributed by atoms with E-state index in [4.69, 9.17) is 4.74 Å². The van der Waals surface area contributed by atoms with Gasteiger partial charge in [0.1, 0.15) is 6.10 Å². The van der Waals surface area contributed by atoms with Gasteiger partial charge in [-0.05, 0) is 38.3 Å². The molecule has 0 saturated heterocycles. The van der Waals surface area contributed by atoms with Gasteiger partial charge in [0.15, 0.2) is 0 Å². The maximum atomic E-state index is 11.0. The Morgan fingerprint density at radius 3 is 2.69 bits per heavy atom. The van der Waals surface area contributed by atoms with Crippen LogP contribution in [0.15, 0.2) is 11.6 Å². The highest BCUT2D eigenvalue weighted by Gasteiger charge is 2.11. The van der Waals surface area contributed by atoms with E-state index in [0.717, 1.165) is 24.8 Å². The standard InChI is InChI=1S/C13H20O3/c1-5-7-9-12(16-13(14)15-4)10-11(3)8-6-2/h10,12H,5,7,9H2,1-4H3/b11-10+. The number of hydrogen-bond acceptors (Lipinski definition) is 3. The van der Waals surface area contributed by atoms with Gasteiger partial charge in [-0.25, -0.2) is 4.79 Å². The molecule has 0 aliphatic rings. The number of rotatable bonds is 5. The van der Waals surface area contributed by atoms with Crippen molar-refractivity contribution in [2.75, 3.05) is 7.11 Å². The van der Waals surface area contributed by atoms with Crippen LogP contribution in [0.4, 0.5) is 4.79 Å². The molecule has 0 saturated carbocycles. The Labute approximate surface area is 97.8 Å². The molecule has 1 atom stereocenters. The maximum Gasteiger partial charge on any atom is 0.508 e. The number of ether oxygens (including phenoxy) is 2. The minimum Gasteiger partial charge on any atom is -0.438 e. The van der Waals surface area contributed by atoms with Crippen molar-refractivity contribution in [1.29, 1.82) is 0 Å². The Kier molecular flexibility index (Phi) is 8.05. The molecule has 0 aromatic heterocycles. The highest BCUT2D eigenvalue weighted by Crippen LogP contribution is 2.09. The lowest BCUT2D eigenvalue weighted by Crippen LogP contribution is -2.16. The summed E-state index contributed by atoms with van der Waals surface area (Å²) in [5, 5.41) is 0. The molecule has 0 rings (SSSR count). The molecule has 0 spiro atoms. The molecule has 3 nitrogen and oxygen atoms in total. The van der Waals surface area contributed by atoms with Crippen LogP contribution >= 0.6 is 0 Å². The SMILES string of the molecule is CC#C/C(C)=C/C(CCCC)OC(=O)OC. The average Bonchev–Trinajstić information content (AvgIpc) is 2.26. The summed E-state index contributed by atoms with van der Waals surface area (Å²) in [4.78, 5) is 11.0. The van der Waals surface area contributed by atoms with Gasteiger partial charge in [0.05, 0.1) is 7.11 Å². The molecule has 3 heteroatoms. The summed E-state index contributed by atoms with van der Waals surface area (Å²) < 4.78 is 9.59. The molecule has 16 heavy (non-hydrogen) atoms. The number of allylic oxidation sites excluding steroid dienone is 1. The van der Waals surface area contributed by atoms with Crippen molar-refractivity contribution in [3.8, 4) is 11.8 Å². The van der Waals surface area contributed by atoms with Gasteiger partial charge in [-0.15, -0.1) is 5.92 Å². The van der Waals surface area contributed by atoms with Crippen LogP contribution in [0.3, 0.4) is 0 Å². The van der Waals surface area contributed by atoms with Crippen LogP contribution in [0.2, 0.25) is 0 Å². The van der Waals surface area contributed by atoms with Crippen molar-refractivity contribution in [3.05, 3.63) is 11.6 Å². The largest absolute Gasteiger partial charge is 0.508 e. The minimum atomic E-state index is -0.644. The van der Waals surface area contributed by atoms with E-state index in [-0.39, 0.29) is 6.10 Å². The Bertz CT molecular complexity index is 294. The van der Waals surface area contributed by atoms with E-state index in [9.17, 15) is 4.79 Å². The molecule has 90 valence electrons. The lowest BCUT2D eigenvalue weighted by Gasteiger charge is -2.13. The third-order valence-corrected chi connectivity index (χ3v) is 2.01. The van der Waals surface area contributed by atoms with E-state index >= 15 is 0 Å². The number of unbranched alkanes of at least 4 members (excludes halogenated alkanes) is 1. The molecule has 0 bridgehead atoms.